The second-order valence-electron chi connectivity index (χ2n) is 6.47. The van der Waals surface area contributed by atoms with Crippen molar-refractivity contribution in [2.45, 2.75) is 12.7 Å². The van der Waals surface area contributed by atoms with Gasteiger partial charge in [-0.25, -0.2) is 0 Å². The van der Waals surface area contributed by atoms with E-state index >= 15 is 0 Å². The maximum atomic E-state index is 12.8. The molecule has 1 N–H and O–H groups in total. The van der Waals surface area contributed by atoms with Crippen LogP contribution in [0.2, 0.25) is 10.0 Å². The first-order valence-electron chi connectivity index (χ1n) is 8.62. The Labute approximate surface area is 177 Å². The van der Waals surface area contributed by atoms with E-state index in [-0.39, 0.29) is 0 Å². The highest BCUT2D eigenvalue weighted by molar-refractivity contribution is 7.80. The average molecular weight is 448 g/mol. The van der Waals surface area contributed by atoms with E-state index in [1.54, 1.807) is 6.07 Å². The van der Waals surface area contributed by atoms with Crippen LogP contribution < -0.4 is 5.32 Å². The first-order valence-corrected chi connectivity index (χ1v) is 9.79. The van der Waals surface area contributed by atoms with Crippen LogP contribution in [0.3, 0.4) is 0 Å². The molecule has 9 heteroatoms. The molecule has 0 radical (unpaired) electrons. The predicted octanol–water partition coefficient (Wildman–Crippen LogP) is 5.53. The third-order valence-corrected chi connectivity index (χ3v) is 5.61. The quantitative estimate of drug-likeness (QED) is 0.623. The summed E-state index contributed by atoms with van der Waals surface area (Å²) in [6, 6.07) is 10.5. The van der Waals surface area contributed by atoms with Crippen LogP contribution in [0.15, 0.2) is 42.5 Å². The van der Waals surface area contributed by atoms with E-state index < -0.39 is 11.7 Å². The van der Waals surface area contributed by atoms with Crippen molar-refractivity contribution in [1.29, 1.82) is 0 Å². The van der Waals surface area contributed by atoms with Crippen LogP contribution >= 0.6 is 35.4 Å². The molecule has 0 saturated carbocycles. The first-order chi connectivity index (χ1) is 13.2. The number of anilines is 1. The molecule has 0 bridgehead atoms. The number of halogens is 5. The number of nitrogens with zero attached hydrogens (tertiary/aromatic N) is 2. The fraction of sp³-hybridized carbons (Fsp3) is 0.316. The van der Waals surface area contributed by atoms with Gasteiger partial charge in [0.1, 0.15) is 0 Å². The van der Waals surface area contributed by atoms with Crippen LogP contribution in [0.25, 0.3) is 0 Å². The van der Waals surface area contributed by atoms with Gasteiger partial charge in [0.2, 0.25) is 0 Å². The summed E-state index contributed by atoms with van der Waals surface area (Å²) in [5.41, 5.74) is 0.510. The van der Waals surface area contributed by atoms with Crippen LogP contribution in [0.5, 0.6) is 0 Å². The molecule has 150 valence electrons. The van der Waals surface area contributed by atoms with E-state index in [1.165, 1.54) is 6.07 Å². The zero-order valence-electron chi connectivity index (χ0n) is 14.8. The fourth-order valence-electron chi connectivity index (χ4n) is 2.99. The molecule has 1 aliphatic rings. The van der Waals surface area contributed by atoms with Gasteiger partial charge >= 0.3 is 6.18 Å². The fourth-order valence-corrected chi connectivity index (χ4v) is 3.81. The maximum Gasteiger partial charge on any atom is 0.416 e. The minimum Gasteiger partial charge on any atom is -0.346 e. The summed E-state index contributed by atoms with van der Waals surface area (Å²) in [4.78, 5) is 4.16. The van der Waals surface area contributed by atoms with E-state index in [2.05, 4.69) is 10.2 Å². The molecule has 0 spiro atoms. The molecule has 1 aliphatic heterocycles. The summed E-state index contributed by atoms with van der Waals surface area (Å²) < 4.78 is 38.5. The molecule has 0 aliphatic carbocycles. The second-order valence-corrected chi connectivity index (χ2v) is 7.67. The number of nitrogens with one attached hydrogen (secondary N) is 1. The lowest BCUT2D eigenvalue weighted by Crippen LogP contribution is -2.49. The molecule has 1 heterocycles. The molecule has 0 amide bonds. The van der Waals surface area contributed by atoms with Crippen LogP contribution in [0.4, 0.5) is 18.9 Å². The van der Waals surface area contributed by atoms with Crippen molar-refractivity contribution in [3.05, 3.63) is 63.6 Å². The molecule has 28 heavy (non-hydrogen) atoms. The lowest BCUT2D eigenvalue weighted by molar-refractivity contribution is -0.137. The Morgan fingerprint density at radius 3 is 2.21 bits per heavy atom. The zero-order chi connectivity index (χ0) is 20.3. The number of piperazine rings is 1. The van der Waals surface area contributed by atoms with Gasteiger partial charge in [0.05, 0.1) is 5.56 Å². The highest BCUT2D eigenvalue weighted by Crippen LogP contribution is 2.31. The minimum atomic E-state index is -4.38. The molecule has 0 atom stereocenters. The molecule has 1 saturated heterocycles. The maximum absolute atomic E-state index is 12.8. The third kappa shape index (κ3) is 5.29. The smallest absolute Gasteiger partial charge is 0.346 e. The Morgan fingerprint density at radius 2 is 1.61 bits per heavy atom. The topological polar surface area (TPSA) is 18.5 Å². The molecule has 3 nitrogen and oxygen atoms in total. The average Bonchev–Trinajstić information content (AvgIpc) is 2.65. The summed E-state index contributed by atoms with van der Waals surface area (Å²) in [5.74, 6) is 0. The second kappa shape index (κ2) is 8.86. The lowest BCUT2D eigenvalue weighted by Gasteiger charge is -2.36. The molecular formula is C19H18Cl2F3N3S. The number of hydrogen-bond donors (Lipinski definition) is 1. The van der Waals surface area contributed by atoms with E-state index in [1.807, 2.05) is 23.1 Å². The number of rotatable bonds is 3. The summed E-state index contributed by atoms with van der Waals surface area (Å²) in [7, 11) is 0. The van der Waals surface area contributed by atoms with Crippen LogP contribution in [-0.2, 0) is 12.7 Å². The van der Waals surface area contributed by atoms with Gasteiger partial charge in [-0.3, -0.25) is 4.90 Å². The lowest BCUT2D eigenvalue weighted by atomic mass is 10.2. The van der Waals surface area contributed by atoms with Gasteiger partial charge in [-0.15, -0.1) is 0 Å². The summed E-state index contributed by atoms with van der Waals surface area (Å²) in [6.07, 6.45) is -4.38. The molecule has 2 aromatic carbocycles. The minimum absolute atomic E-state index is 0.324. The van der Waals surface area contributed by atoms with Gasteiger partial charge < -0.3 is 10.2 Å². The SMILES string of the molecule is FC(F)(F)c1cccc(NC(=S)N2CCN(Cc3c(Cl)cccc3Cl)CC2)c1. The molecule has 0 unspecified atom stereocenters. The zero-order valence-corrected chi connectivity index (χ0v) is 17.1. The monoisotopic (exact) mass is 447 g/mol. The Hall–Kier alpha value is -1.54. The summed E-state index contributed by atoms with van der Waals surface area (Å²) >= 11 is 17.8. The Kier molecular flexibility index (Phi) is 6.70. The Morgan fingerprint density at radius 1 is 1.00 bits per heavy atom. The van der Waals surface area contributed by atoms with Gasteiger partial charge in [0.25, 0.3) is 0 Å². The molecular weight excluding hydrogens is 430 g/mol. The van der Waals surface area contributed by atoms with Crippen molar-refractivity contribution < 1.29 is 13.2 Å². The van der Waals surface area contributed by atoms with Gasteiger partial charge in [-0.05, 0) is 42.5 Å². The van der Waals surface area contributed by atoms with Crippen LogP contribution in [-0.4, -0.2) is 41.1 Å². The summed E-state index contributed by atoms with van der Waals surface area (Å²) in [5, 5.41) is 4.59. The van der Waals surface area contributed by atoms with E-state index in [4.69, 9.17) is 35.4 Å². The Bertz CT molecular complexity index is 832. The van der Waals surface area contributed by atoms with Gasteiger partial charge in [0.15, 0.2) is 5.11 Å². The van der Waals surface area contributed by atoms with Crippen molar-refractivity contribution in [2.24, 2.45) is 0 Å². The van der Waals surface area contributed by atoms with Gasteiger partial charge in [-0.2, -0.15) is 13.2 Å². The van der Waals surface area contributed by atoms with Crippen molar-refractivity contribution in [3.63, 3.8) is 0 Å². The predicted molar refractivity (Wildman–Crippen MR) is 111 cm³/mol. The first kappa shape index (κ1) is 21.2. The van der Waals surface area contributed by atoms with Crippen LogP contribution in [0.1, 0.15) is 11.1 Å². The van der Waals surface area contributed by atoms with Crippen molar-refractivity contribution in [1.82, 2.24) is 9.80 Å². The van der Waals surface area contributed by atoms with Crippen LogP contribution in [0, 0.1) is 0 Å². The van der Waals surface area contributed by atoms with E-state index in [0.717, 1.165) is 30.8 Å². The van der Waals surface area contributed by atoms with E-state index in [9.17, 15) is 13.2 Å². The number of hydrogen-bond acceptors (Lipinski definition) is 2. The highest BCUT2D eigenvalue weighted by atomic mass is 35.5. The molecule has 1 fully saturated rings. The third-order valence-electron chi connectivity index (χ3n) is 4.54. The molecule has 0 aromatic heterocycles. The normalized spacial score (nSPS) is 15.5. The van der Waals surface area contributed by atoms with Gasteiger partial charge in [-0.1, -0.05) is 35.3 Å². The number of benzene rings is 2. The number of thiocarbonyl (C=S) groups is 1. The number of alkyl halides is 3. The van der Waals surface area contributed by atoms with Crippen molar-refractivity contribution in [3.8, 4) is 0 Å². The molecule has 2 aromatic rings. The Balaban J connectivity index is 1.56. The van der Waals surface area contributed by atoms with Crippen molar-refractivity contribution >= 4 is 46.2 Å². The van der Waals surface area contributed by atoms with Crippen molar-refractivity contribution in [2.75, 3.05) is 31.5 Å². The largest absolute Gasteiger partial charge is 0.416 e. The standard InChI is InChI=1S/C19H18Cl2F3N3S/c20-16-5-2-6-17(21)15(16)12-26-7-9-27(10-8-26)18(28)25-14-4-1-3-13(11-14)19(22,23)24/h1-6,11H,7-10,12H2,(H,25,28). The highest BCUT2D eigenvalue weighted by Gasteiger charge is 2.30. The van der Waals surface area contributed by atoms with E-state index in [0.29, 0.717) is 40.5 Å². The molecule has 3 rings (SSSR count). The van der Waals surface area contributed by atoms with Gasteiger partial charge in [0, 0.05) is 54.0 Å². The summed E-state index contributed by atoms with van der Waals surface area (Å²) in [6.45, 7) is 3.44.